The number of ether oxygens (including phenoxy) is 1. The summed E-state index contributed by atoms with van der Waals surface area (Å²) in [6.07, 6.45) is 0. The molecule has 1 saturated heterocycles. The van der Waals surface area contributed by atoms with E-state index in [1.165, 1.54) is 24.1 Å². The predicted molar refractivity (Wildman–Crippen MR) is 70.9 cm³/mol. The van der Waals surface area contributed by atoms with Crippen molar-refractivity contribution in [1.29, 1.82) is 0 Å². The van der Waals surface area contributed by atoms with E-state index in [9.17, 15) is 14.7 Å². The molecular formula is C14H17NO5. The fraction of sp³-hybridized carbons (Fsp3) is 0.429. The Morgan fingerprint density at radius 3 is 2.55 bits per heavy atom. The predicted octanol–water partition coefficient (Wildman–Crippen LogP) is 1.19. The highest BCUT2D eigenvalue weighted by Crippen LogP contribution is 2.29. The first-order chi connectivity index (χ1) is 9.43. The summed E-state index contributed by atoms with van der Waals surface area (Å²) < 4.78 is 4.96. The number of likely N-dealkylation sites (tertiary alicyclic amines) is 1. The van der Waals surface area contributed by atoms with Crippen molar-refractivity contribution in [3.05, 3.63) is 23.8 Å². The maximum atomic E-state index is 12.3. The summed E-state index contributed by atoms with van der Waals surface area (Å²) in [5.74, 6) is -1.62. The minimum absolute atomic E-state index is 0.100. The molecule has 1 heterocycles. The van der Waals surface area contributed by atoms with Crippen LogP contribution in [0.5, 0.6) is 11.5 Å². The van der Waals surface area contributed by atoms with Crippen LogP contribution in [0.1, 0.15) is 17.3 Å². The number of phenols is 1. The molecule has 1 aliphatic heterocycles. The number of aromatic hydroxyl groups is 1. The zero-order chi connectivity index (χ0) is 14.9. The van der Waals surface area contributed by atoms with Crippen LogP contribution in [-0.4, -0.2) is 47.2 Å². The molecule has 20 heavy (non-hydrogen) atoms. The van der Waals surface area contributed by atoms with Crippen molar-refractivity contribution in [1.82, 2.24) is 4.90 Å². The number of carbonyl (C=O) groups excluding carboxylic acids is 1. The number of aliphatic carboxylic acids is 1. The molecule has 0 radical (unpaired) electrons. The monoisotopic (exact) mass is 279 g/mol. The van der Waals surface area contributed by atoms with E-state index in [4.69, 9.17) is 9.84 Å². The Morgan fingerprint density at radius 2 is 2.05 bits per heavy atom. The third kappa shape index (κ3) is 2.54. The second-order valence-corrected chi connectivity index (χ2v) is 5.02. The zero-order valence-electron chi connectivity index (χ0n) is 11.4. The van der Waals surface area contributed by atoms with E-state index in [0.717, 1.165) is 0 Å². The number of hydrogen-bond acceptors (Lipinski definition) is 4. The molecule has 1 fully saturated rings. The number of methoxy groups -OCH3 is 1. The first-order valence-corrected chi connectivity index (χ1v) is 6.33. The molecule has 0 saturated carbocycles. The summed E-state index contributed by atoms with van der Waals surface area (Å²) in [4.78, 5) is 24.8. The average Bonchev–Trinajstić information content (AvgIpc) is 2.80. The number of carbonyl (C=O) groups is 2. The van der Waals surface area contributed by atoms with E-state index in [-0.39, 0.29) is 29.7 Å². The van der Waals surface area contributed by atoms with Gasteiger partial charge in [0.25, 0.3) is 5.91 Å². The molecule has 2 N–H and O–H groups in total. The zero-order valence-corrected chi connectivity index (χ0v) is 11.4. The molecule has 2 atom stereocenters. The highest BCUT2D eigenvalue weighted by Gasteiger charge is 2.37. The number of nitrogens with zero attached hydrogens (tertiary/aromatic N) is 1. The van der Waals surface area contributed by atoms with Crippen molar-refractivity contribution < 1.29 is 24.5 Å². The van der Waals surface area contributed by atoms with E-state index < -0.39 is 11.9 Å². The number of amides is 1. The summed E-state index contributed by atoms with van der Waals surface area (Å²) in [5.41, 5.74) is 0.157. The molecular weight excluding hydrogens is 262 g/mol. The Labute approximate surface area is 116 Å². The number of phenolic OH excluding ortho intramolecular Hbond substituents is 1. The maximum absolute atomic E-state index is 12.3. The summed E-state index contributed by atoms with van der Waals surface area (Å²) >= 11 is 0. The van der Waals surface area contributed by atoms with E-state index in [0.29, 0.717) is 12.3 Å². The van der Waals surface area contributed by atoms with Gasteiger partial charge in [-0.25, -0.2) is 0 Å². The lowest BCUT2D eigenvalue weighted by Crippen LogP contribution is -2.30. The minimum atomic E-state index is -0.897. The first kappa shape index (κ1) is 14.2. The van der Waals surface area contributed by atoms with Crippen LogP contribution in [0.2, 0.25) is 0 Å². The fourth-order valence-electron chi connectivity index (χ4n) is 2.44. The van der Waals surface area contributed by atoms with Crippen molar-refractivity contribution in [2.75, 3.05) is 20.2 Å². The van der Waals surface area contributed by atoms with E-state index in [1.807, 2.05) is 0 Å². The highest BCUT2D eigenvalue weighted by molar-refractivity contribution is 5.97. The molecule has 2 rings (SSSR count). The maximum Gasteiger partial charge on any atom is 0.308 e. The molecule has 6 heteroatoms. The van der Waals surface area contributed by atoms with E-state index in [1.54, 1.807) is 13.0 Å². The Hall–Kier alpha value is -2.24. The highest BCUT2D eigenvalue weighted by atomic mass is 16.5. The molecule has 2 unspecified atom stereocenters. The molecule has 1 aliphatic rings. The summed E-state index contributed by atoms with van der Waals surface area (Å²) in [6.45, 7) is 2.35. The molecule has 0 aliphatic carbocycles. The SMILES string of the molecule is COc1ccc(C(=O)N2CC(C)C(C(=O)O)C2)c(O)c1. The van der Waals surface area contributed by atoms with Crippen LogP contribution in [0.3, 0.4) is 0 Å². The van der Waals surface area contributed by atoms with Gasteiger partial charge < -0.3 is 19.8 Å². The quantitative estimate of drug-likeness (QED) is 0.868. The van der Waals surface area contributed by atoms with Gasteiger partial charge in [-0.2, -0.15) is 0 Å². The van der Waals surface area contributed by atoms with Crippen LogP contribution in [0.25, 0.3) is 0 Å². The normalized spacial score (nSPS) is 21.8. The summed E-state index contributed by atoms with van der Waals surface area (Å²) in [7, 11) is 1.47. The van der Waals surface area contributed by atoms with Gasteiger partial charge in [-0.15, -0.1) is 0 Å². The molecule has 6 nitrogen and oxygen atoms in total. The van der Waals surface area contributed by atoms with Gasteiger partial charge in [-0.1, -0.05) is 6.92 Å². The lowest BCUT2D eigenvalue weighted by Gasteiger charge is -2.17. The van der Waals surface area contributed by atoms with Crippen molar-refractivity contribution in [2.24, 2.45) is 11.8 Å². The van der Waals surface area contributed by atoms with Crippen molar-refractivity contribution in [3.63, 3.8) is 0 Å². The molecule has 0 aromatic heterocycles. The van der Waals surface area contributed by atoms with Crippen LogP contribution in [0.15, 0.2) is 18.2 Å². The number of benzene rings is 1. The van der Waals surface area contributed by atoms with E-state index >= 15 is 0 Å². The van der Waals surface area contributed by atoms with Crippen molar-refractivity contribution in [3.8, 4) is 11.5 Å². The summed E-state index contributed by atoms with van der Waals surface area (Å²) in [6, 6.07) is 4.43. The Balaban J connectivity index is 2.19. The van der Waals surface area contributed by atoms with Gasteiger partial charge in [0.05, 0.1) is 18.6 Å². The van der Waals surface area contributed by atoms with Gasteiger partial charge in [0.1, 0.15) is 11.5 Å². The number of carboxylic acid groups (broad SMARTS) is 1. The van der Waals surface area contributed by atoms with E-state index in [2.05, 4.69) is 0 Å². The summed E-state index contributed by atoms with van der Waals surface area (Å²) in [5, 5.41) is 18.9. The largest absolute Gasteiger partial charge is 0.507 e. The van der Waals surface area contributed by atoms with Gasteiger partial charge in [0, 0.05) is 19.2 Å². The van der Waals surface area contributed by atoms with Crippen LogP contribution < -0.4 is 4.74 Å². The third-order valence-electron chi connectivity index (χ3n) is 3.65. The van der Waals surface area contributed by atoms with Gasteiger partial charge >= 0.3 is 5.97 Å². The average molecular weight is 279 g/mol. The topological polar surface area (TPSA) is 87.1 Å². The Kier molecular flexibility index (Phi) is 3.83. The van der Waals surface area contributed by atoms with Crippen LogP contribution in [-0.2, 0) is 4.79 Å². The second-order valence-electron chi connectivity index (χ2n) is 5.02. The standard InChI is InChI=1S/C14H17NO5/c1-8-6-15(7-11(8)14(18)19)13(17)10-4-3-9(20-2)5-12(10)16/h3-5,8,11,16H,6-7H2,1-2H3,(H,18,19). The number of hydrogen-bond donors (Lipinski definition) is 2. The van der Waals surface area contributed by atoms with Crippen LogP contribution in [0.4, 0.5) is 0 Å². The van der Waals surface area contributed by atoms with Crippen LogP contribution >= 0.6 is 0 Å². The second kappa shape index (κ2) is 5.40. The number of carboxylic acids is 1. The third-order valence-corrected chi connectivity index (χ3v) is 3.65. The molecule has 1 aromatic rings. The molecule has 1 amide bonds. The minimum Gasteiger partial charge on any atom is -0.507 e. The van der Waals surface area contributed by atoms with Gasteiger partial charge in [-0.3, -0.25) is 9.59 Å². The smallest absolute Gasteiger partial charge is 0.308 e. The molecule has 1 aromatic carbocycles. The van der Waals surface area contributed by atoms with Gasteiger partial charge in [-0.05, 0) is 18.1 Å². The van der Waals surface area contributed by atoms with Crippen LogP contribution in [0, 0.1) is 11.8 Å². The Bertz CT molecular complexity index is 542. The van der Waals surface area contributed by atoms with Crippen molar-refractivity contribution >= 4 is 11.9 Å². The molecule has 108 valence electrons. The molecule has 0 spiro atoms. The molecule has 0 bridgehead atoms. The van der Waals surface area contributed by atoms with Crippen molar-refractivity contribution in [2.45, 2.75) is 6.92 Å². The fourth-order valence-corrected chi connectivity index (χ4v) is 2.44. The van der Waals surface area contributed by atoms with Gasteiger partial charge in [0.2, 0.25) is 0 Å². The lowest BCUT2D eigenvalue weighted by molar-refractivity contribution is -0.142. The number of rotatable bonds is 3. The lowest BCUT2D eigenvalue weighted by atomic mass is 9.99. The first-order valence-electron chi connectivity index (χ1n) is 6.33. The van der Waals surface area contributed by atoms with Gasteiger partial charge in [0.15, 0.2) is 0 Å². The Morgan fingerprint density at radius 1 is 1.35 bits per heavy atom.